The van der Waals surface area contributed by atoms with Crippen LogP contribution in [0.2, 0.25) is 0 Å². The highest BCUT2D eigenvalue weighted by Gasteiger charge is 2.18. The number of nitrogens with one attached hydrogen (secondary N) is 1. The van der Waals surface area contributed by atoms with E-state index >= 15 is 0 Å². The Morgan fingerprint density at radius 3 is 2.63 bits per heavy atom. The minimum atomic E-state index is -0.155. The van der Waals surface area contributed by atoms with Crippen LogP contribution in [0.15, 0.2) is 42.7 Å². The fourth-order valence-electron chi connectivity index (χ4n) is 3.19. The van der Waals surface area contributed by atoms with Crippen molar-refractivity contribution in [2.24, 2.45) is 0 Å². The molecule has 140 valence electrons. The lowest BCUT2D eigenvalue weighted by Crippen LogP contribution is -2.25. The van der Waals surface area contributed by atoms with Crippen molar-refractivity contribution < 1.29 is 4.79 Å². The lowest BCUT2D eigenvalue weighted by Gasteiger charge is -2.17. The molecule has 0 spiro atoms. The van der Waals surface area contributed by atoms with Gasteiger partial charge in [-0.3, -0.25) is 14.3 Å². The van der Waals surface area contributed by atoms with E-state index in [4.69, 9.17) is 0 Å². The quantitative estimate of drug-likeness (QED) is 0.734. The maximum atomic E-state index is 12.6. The molecule has 4 heterocycles. The van der Waals surface area contributed by atoms with E-state index in [9.17, 15) is 4.79 Å². The zero-order valence-electron chi connectivity index (χ0n) is 15.0. The minimum Gasteiger partial charge on any atom is -0.347 e. The first-order valence-electron chi connectivity index (χ1n) is 9.25. The van der Waals surface area contributed by atoms with Crippen LogP contribution in [-0.4, -0.2) is 38.7 Å². The third-order valence-electron chi connectivity index (χ3n) is 4.62. The summed E-state index contributed by atoms with van der Waals surface area (Å²) in [6.45, 7) is 2.44. The van der Waals surface area contributed by atoms with Gasteiger partial charge >= 0.3 is 0 Å². The summed E-state index contributed by atoms with van der Waals surface area (Å²) in [5.74, 6) is -0.155. The summed E-state index contributed by atoms with van der Waals surface area (Å²) in [7, 11) is 0. The SMILES string of the molecule is O=C(NCc1ccccn1)c1cccn1-c1nnc(N2CCCCCC2)s1. The molecular weight excluding hydrogens is 360 g/mol. The van der Waals surface area contributed by atoms with Crippen molar-refractivity contribution in [2.45, 2.75) is 32.2 Å². The van der Waals surface area contributed by atoms with Gasteiger partial charge in [-0.2, -0.15) is 0 Å². The molecule has 1 fully saturated rings. The van der Waals surface area contributed by atoms with Crippen LogP contribution < -0.4 is 10.2 Å². The second-order valence-electron chi connectivity index (χ2n) is 6.54. The van der Waals surface area contributed by atoms with Crippen LogP contribution in [0.4, 0.5) is 5.13 Å². The summed E-state index contributed by atoms with van der Waals surface area (Å²) < 4.78 is 1.80. The standard InChI is InChI=1S/C19H22N6OS/c26-17(21-14-15-8-3-4-10-20-15)16-9-7-13-25(16)19-23-22-18(27-19)24-11-5-1-2-6-12-24/h3-4,7-10,13H,1-2,5-6,11-12,14H2,(H,21,26). The number of hydrogen-bond acceptors (Lipinski definition) is 6. The van der Waals surface area contributed by atoms with Gasteiger partial charge < -0.3 is 10.2 Å². The Hall–Kier alpha value is -2.74. The Labute approximate surface area is 162 Å². The molecule has 1 N–H and O–H groups in total. The molecule has 7 nitrogen and oxygen atoms in total. The van der Waals surface area contributed by atoms with Crippen molar-refractivity contribution in [3.05, 3.63) is 54.1 Å². The Bertz CT molecular complexity index is 883. The van der Waals surface area contributed by atoms with Gasteiger partial charge in [0.15, 0.2) is 0 Å². The fourth-order valence-corrected chi connectivity index (χ4v) is 4.09. The lowest BCUT2D eigenvalue weighted by molar-refractivity contribution is 0.0943. The van der Waals surface area contributed by atoms with E-state index in [1.165, 1.54) is 37.0 Å². The van der Waals surface area contributed by atoms with E-state index in [2.05, 4.69) is 25.4 Å². The number of aromatic nitrogens is 4. The first-order valence-corrected chi connectivity index (χ1v) is 10.1. The zero-order valence-corrected chi connectivity index (χ0v) is 15.9. The van der Waals surface area contributed by atoms with Crippen LogP contribution in [0, 0.1) is 0 Å². The smallest absolute Gasteiger partial charge is 0.268 e. The zero-order chi connectivity index (χ0) is 18.5. The van der Waals surface area contributed by atoms with Gasteiger partial charge in [0.25, 0.3) is 5.91 Å². The largest absolute Gasteiger partial charge is 0.347 e. The summed E-state index contributed by atoms with van der Waals surface area (Å²) in [6.07, 6.45) is 8.51. The van der Waals surface area contributed by atoms with Crippen molar-refractivity contribution in [3.8, 4) is 5.13 Å². The molecule has 8 heteroatoms. The predicted molar refractivity (Wildman–Crippen MR) is 105 cm³/mol. The Morgan fingerprint density at radius 2 is 1.85 bits per heavy atom. The fraction of sp³-hybridized carbons (Fsp3) is 0.368. The van der Waals surface area contributed by atoms with Crippen LogP contribution in [0.1, 0.15) is 41.9 Å². The maximum Gasteiger partial charge on any atom is 0.268 e. The van der Waals surface area contributed by atoms with Crippen molar-refractivity contribution in [1.29, 1.82) is 0 Å². The summed E-state index contributed by atoms with van der Waals surface area (Å²) in [6, 6.07) is 9.29. The number of rotatable bonds is 5. The summed E-state index contributed by atoms with van der Waals surface area (Å²) >= 11 is 1.53. The predicted octanol–water partition coefficient (Wildman–Crippen LogP) is 3.03. The summed E-state index contributed by atoms with van der Waals surface area (Å²) in [4.78, 5) is 19.1. The Kier molecular flexibility index (Phi) is 5.43. The highest BCUT2D eigenvalue weighted by Crippen LogP contribution is 2.26. The average Bonchev–Trinajstić information content (AvgIpc) is 3.30. The van der Waals surface area contributed by atoms with Gasteiger partial charge in [0, 0.05) is 25.5 Å². The minimum absolute atomic E-state index is 0.155. The molecule has 0 radical (unpaired) electrons. The van der Waals surface area contributed by atoms with Crippen molar-refractivity contribution in [3.63, 3.8) is 0 Å². The molecule has 1 amide bonds. The van der Waals surface area contributed by atoms with Crippen molar-refractivity contribution in [1.82, 2.24) is 25.1 Å². The number of hydrogen-bond donors (Lipinski definition) is 1. The number of anilines is 1. The van der Waals surface area contributed by atoms with E-state index < -0.39 is 0 Å². The topological polar surface area (TPSA) is 75.9 Å². The number of carbonyl (C=O) groups is 1. The van der Waals surface area contributed by atoms with Crippen LogP contribution in [-0.2, 0) is 6.54 Å². The molecule has 0 atom stereocenters. The highest BCUT2D eigenvalue weighted by atomic mass is 32.1. The number of carbonyl (C=O) groups excluding carboxylic acids is 1. The summed E-state index contributed by atoms with van der Waals surface area (Å²) in [5, 5.41) is 13.2. The molecule has 0 saturated carbocycles. The number of pyridine rings is 1. The third-order valence-corrected chi connectivity index (χ3v) is 5.61. The number of nitrogens with zero attached hydrogens (tertiary/aromatic N) is 5. The Morgan fingerprint density at radius 1 is 1.04 bits per heavy atom. The van der Waals surface area contributed by atoms with Gasteiger partial charge in [-0.05, 0) is 37.1 Å². The average molecular weight is 382 g/mol. The van der Waals surface area contributed by atoms with Gasteiger partial charge in [0.1, 0.15) is 5.69 Å². The van der Waals surface area contributed by atoms with E-state index in [-0.39, 0.29) is 5.91 Å². The first-order chi connectivity index (χ1) is 13.3. The molecule has 0 unspecified atom stereocenters. The first kappa shape index (κ1) is 17.7. The molecule has 3 aromatic heterocycles. The van der Waals surface area contributed by atoms with Gasteiger partial charge in [0.05, 0.1) is 12.2 Å². The van der Waals surface area contributed by atoms with E-state index in [0.29, 0.717) is 17.4 Å². The molecule has 3 aromatic rings. The van der Waals surface area contributed by atoms with Gasteiger partial charge in [-0.1, -0.05) is 30.2 Å². The van der Waals surface area contributed by atoms with Crippen molar-refractivity contribution in [2.75, 3.05) is 18.0 Å². The summed E-state index contributed by atoms with van der Waals surface area (Å²) in [5.41, 5.74) is 1.37. The highest BCUT2D eigenvalue weighted by molar-refractivity contribution is 7.17. The monoisotopic (exact) mass is 382 g/mol. The molecule has 0 bridgehead atoms. The second-order valence-corrected chi connectivity index (χ2v) is 7.47. The molecular formula is C19H22N6OS. The van der Waals surface area contributed by atoms with Crippen LogP contribution >= 0.6 is 11.3 Å². The molecule has 1 aliphatic rings. The molecule has 1 aliphatic heterocycles. The lowest BCUT2D eigenvalue weighted by atomic mass is 10.2. The van der Waals surface area contributed by atoms with E-state index in [1.54, 1.807) is 16.8 Å². The Balaban J connectivity index is 1.47. The molecule has 27 heavy (non-hydrogen) atoms. The molecule has 0 aliphatic carbocycles. The van der Waals surface area contributed by atoms with Crippen LogP contribution in [0.25, 0.3) is 5.13 Å². The molecule has 0 aromatic carbocycles. The van der Waals surface area contributed by atoms with Gasteiger partial charge in [0.2, 0.25) is 10.3 Å². The third kappa shape index (κ3) is 4.16. The van der Waals surface area contributed by atoms with E-state index in [1.807, 2.05) is 30.5 Å². The molecule has 4 rings (SSSR count). The number of amides is 1. The van der Waals surface area contributed by atoms with Crippen LogP contribution in [0.5, 0.6) is 0 Å². The van der Waals surface area contributed by atoms with E-state index in [0.717, 1.165) is 23.9 Å². The van der Waals surface area contributed by atoms with Crippen LogP contribution in [0.3, 0.4) is 0 Å². The van der Waals surface area contributed by atoms with Crippen molar-refractivity contribution >= 4 is 22.4 Å². The second kappa shape index (κ2) is 8.30. The normalized spacial score (nSPS) is 14.7. The molecule has 1 saturated heterocycles. The van der Waals surface area contributed by atoms with Gasteiger partial charge in [-0.25, -0.2) is 0 Å². The van der Waals surface area contributed by atoms with Gasteiger partial charge in [-0.15, -0.1) is 10.2 Å². The maximum absolute atomic E-state index is 12.6.